The maximum Gasteiger partial charge on any atom is 0.276 e. The maximum atomic E-state index is 5.79. The fourth-order valence-corrected chi connectivity index (χ4v) is 3.08. The molecule has 0 fully saturated rings. The van der Waals surface area contributed by atoms with Gasteiger partial charge in [0, 0.05) is 5.75 Å². The minimum absolute atomic E-state index is 0.496. The molecule has 6 heteroatoms. The second-order valence-corrected chi connectivity index (χ2v) is 6.68. The van der Waals surface area contributed by atoms with Crippen LogP contribution in [0.15, 0.2) is 44.6 Å². The number of hydrogen-bond acceptors (Lipinski definition) is 6. The zero-order valence-electron chi connectivity index (χ0n) is 14.0. The second kappa shape index (κ2) is 7.57. The molecule has 2 heterocycles. The van der Waals surface area contributed by atoms with Gasteiger partial charge in [-0.15, -0.1) is 10.2 Å². The average Bonchev–Trinajstić information content (AvgIpc) is 3.14. The number of aryl methyl sites for hydroxylation is 3. The summed E-state index contributed by atoms with van der Waals surface area (Å²) < 4.78 is 16.7. The summed E-state index contributed by atoms with van der Waals surface area (Å²) in [6.45, 7) is 6.68. The Hall–Kier alpha value is -2.21. The van der Waals surface area contributed by atoms with Gasteiger partial charge in [-0.1, -0.05) is 17.8 Å². The Morgan fingerprint density at radius 3 is 2.58 bits per heavy atom. The van der Waals surface area contributed by atoms with Crippen LogP contribution in [-0.2, 0) is 0 Å². The molecule has 0 atom stereocenters. The van der Waals surface area contributed by atoms with Crippen molar-refractivity contribution in [3.8, 4) is 17.2 Å². The minimum Gasteiger partial charge on any atom is -0.494 e. The number of benzene rings is 1. The van der Waals surface area contributed by atoms with Crippen molar-refractivity contribution in [3.63, 3.8) is 0 Å². The Morgan fingerprint density at radius 2 is 1.88 bits per heavy atom. The Bertz CT molecular complexity index is 790. The second-order valence-electron chi connectivity index (χ2n) is 5.64. The highest BCUT2D eigenvalue weighted by atomic mass is 32.2. The number of thioether (sulfide) groups is 1. The summed E-state index contributed by atoms with van der Waals surface area (Å²) in [7, 11) is 0. The molecular formula is C18H20N2O3S. The zero-order chi connectivity index (χ0) is 16.9. The summed E-state index contributed by atoms with van der Waals surface area (Å²) in [6, 6.07) is 8.07. The van der Waals surface area contributed by atoms with Gasteiger partial charge in [-0.25, -0.2) is 0 Å². The van der Waals surface area contributed by atoms with Gasteiger partial charge in [0.2, 0.25) is 0 Å². The van der Waals surface area contributed by atoms with E-state index in [-0.39, 0.29) is 0 Å². The van der Waals surface area contributed by atoms with E-state index in [1.165, 1.54) is 22.9 Å². The highest BCUT2D eigenvalue weighted by Gasteiger charge is 2.13. The summed E-state index contributed by atoms with van der Waals surface area (Å²) in [5, 5.41) is 8.68. The minimum atomic E-state index is 0.496. The van der Waals surface area contributed by atoms with Gasteiger partial charge >= 0.3 is 0 Å². The molecular weight excluding hydrogens is 324 g/mol. The Labute approximate surface area is 145 Å². The lowest BCUT2D eigenvalue weighted by atomic mass is 10.1. The van der Waals surface area contributed by atoms with Crippen LogP contribution in [0.5, 0.6) is 5.75 Å². The van der Waals surface area contributed by atoms with Crippen LogP contribution in [0.3, 0.4) is 0 Å². The third kappa shape index (κ3) is 4.20. The Kier molecular flexibility index (Phi) is 5.25. The lowest BCUT2D eigenvalue weighted by Gasteiger charge is -2.07. The molecule has 2 aromatic heterocycles. The molecule has 3 aromatic rings. The standard InChI is InChI=1S/C18H20N2O3S/c1-12-9-13(2)11-15(10-12)22-6-4-8-24-18-20-19-17(23-18)16-5-7-21-14(16)3/h5,7,9-11H,4,6,8H2,1-3H3. The number of ether oxygens (including phenoxy) is 1. The highest BCUT2D eigenvalue weighted by Crippen LogP contribution is 2.26. The molecule has 0 N–H and O–H groups in total. The Morgan fingerprint density at radius 1 is 1.08 bits per heavy atom. The predicted octanol–water partition coefficient (Wildman–Crippen LogP) is 4.82. The third-order valence-corrected chi connectivity index (χ3v) is 4.38. The first kappa shape index (κ1) is 16.6. The first-order chi connectivity index (χ1) is 11.6. The van der Waals surface area contributed by atoms with E-state index < -0.39 is 0 Å². The van der Waals surface area contributed by atoms with Crippen LogP contribution < -0.4 is 4.74 Å². The Balaban J connectivity index is 1.44. The van der Waals surface area contributed by atoms with Crippen molar-refractivity contribution < 1.29 is 13.6 Å². The lowest BCUT2D eigenvalue weighted by Crippen LogP contribution is -1.99. The van der Waals surface area contributed by atoms with Crippen molar-refractivity contribution in [2.45, 2.75) is 32.4 Å². The molecule has 0 spiro atoms. The number of hydrogen-bond donors (Lipinski definition) is 0. The predicted molar refractivity (Wildman–Crippen MR) is 93.5 cm³/mol. The molecule has 126 valence electrons. The smallest absolute Gasteiger partial charge is 0.276 e. The van der Waals surface area contributed by atoms with Gasteiger partial charge in [-0.05, 0) is 56.5 Å². The number of rotatable bonds is 7. The van der Waals surface area contributed by atoms with Gasteiger partial charge in [0.1, 0.15) is 11.5 Å². The van der Waals surface area contributed by atoms with E-state index in [1.807, 2.05) is 13.0 Å². The summed E-state index contributed by atoms with van der Waals surface area (Å²) in [5.74, 6) is 3.05. The molecule has 0 aliphatic heterocycles. The van der Waals surface area contributed by atoms with Crippen molar-refractivity contribution in [1.82, 2.24) is 10.2 Å². The summed E-state index contributed by atoms with van der Waals surface area (Å²) in [4.78, 5) is 0. The molecule has 1 aromatic carbocycles. The maximum absolute atomic E-state index is 5.79. The molecule has 0 bridgehead atoms. The van der Waals surface area contributed by atoms with Gasteiger partial charge in [0.05, 0.1) is 18.4 Å². The quantitative estimate of drug-likeness (QED) is 0.452. The van der Waals surface area contributed by atoms with Crippen LogP contribution >= 0.6 is 11.8 Å². The van der Waals surface area contributed by atoms with Crippen molar-refractivity contribution in [2.24, 2.45) is 0 Å². The number of furan rings is 1. The molecule has 0 unspecified atom stereocenters. The van der Waals surface area contributed by atoms with E-state index >= 15 is 0 Å². The summed E-state index contributed by atoms with van der Waals surface area (Å²) >= 11 is 1.53. The van der Waals surface area contributed by atoms with Crippen LogP contribution in [0.25, 0.3) is 11.5 Å². The zero-order valence-corrected chi connectivity index (χ0v) is 14.9. The molecule has 0 saturated heterocycles. The SMILES string of the molecule is Cc1cc(C)cc(OCCCSc2nnc(-c3ccoc3C)o2)c1. The van der Waals surface area contributed by atoms with Crippen LogP contribution in [-0.4, -0.2) is 22.6 Å². The van der Waals surface area contributed by atoms with Crippen LogP contribution in [0.4, 0.5) is 0 Å². The average molecular weight is 344 g/mol. The lowest BCUT2D eigenvalue weighted by molar-refractivity contribution is 0.318. The van der Waals surface area contributed by atoms with E-state index in [1.54, 1.807) is 6.26 Å². The monoisotopic (exact) mass is 344 g/mol. The molecule has 3 rings (SSSR count). The van der Waals surface area contributed by atoms with Crippen LogP contribution in [0, 0.1) is 20.8 Å². The van der Waals surface area contributed by atoms with Gasteiger partial charge in [0.15, 0.2) is 0 Å². The normalized spacial score (nSPS) is 11.0. The van der Waals surface area contributed by atoms with Crippen LogP contribution in [0.2, 0.25) is 0 Å². The van der Waals surface area contributed by atoms with E-state index in [9.17, 15) is 0 Å². The molecule has 0 aliphatic rings. The molecule has 0 saturated carbocycles. The van der Waals surface area contributed by atoms with Gasteiger partial charge in [0.25, 0.3) is 11.1 Å². The first-order valence-electron chi connectivity index (χ1n) is 7.83. The largest absolute Gasteiger partial charge is 0.494 e. The highest BCUT2D eigenvalue weighted by molar-refractivity contribution is 7.99. The summed E-state index contributed by atoms with van der Waals surface area (Å²) in [6.07, 6.45) is 2.52. The van der Waals surface area contributed by atoms with Crippen molar-refractivity contribution in [1.29, 1.82) is 0 Å². The van der Waals surface area contributed by atoms with E-state index in [2.05, 4.69) is 42.2 Å². The van der Waals surface area contributed by atoms with E-state index in [4.69, 9.17) is 13.6 Å². The first-order valence-corrected chi connectivity index (χ1v) is 8.82. The van der Waals surface area contributed by atoms with Gasteiger partial charge < -0.3 is 13.6 Å². The van der Waals surface area contributed by atoms with Gasteiger partial charge in [-0.3, -0.25) is 0 Å². The molecule has 0 amide bonds. The summed E-state index contributed by atoms with van der Waals surface area (Å²) in [5.41, 5.74) is 3.27. The fourth-order valence-electron chi connectivity index (χ4n) is 2.41. The molecule has 0 aliphatic carbocycles. The number of aromatic nitrogens is 2. The topological polar surface area (TPSA) is 61.3 Å². The van der Waals surface area contributed by atoms with Crippen molar-refractivity contribution >= 4 is 11.8 Å². The van der Waals surface area contributed by atoms with Crippen molar-refractivity contribution in [3.05, 3.63) is 47.4 Å². The fraction of sp³-hybridized carbons (Fsp3) is 0.333. The van der Waals surface area contributed by atoms with E-state index in [0.717, 1.165) is 29.2 Å². The molecule has 24 heavy (non-hydrogen) atoms. The number of nitrogens with zero attached hydrogens (tertiary/aromatic N) is 2. The van der Waals surface area contributed by atoms with Crippen LogP contribution in [0.1, 0.15) is 23.3 Å². The molecule has 5 nitrogen and oxygen atoms in total. The molecule has 0 radical (unpaired) electrons. The van der Waals surface area contributed by atoms with Crippen molar-refractivity contribution in [2.75, 3.05) is 12.4 Å². The van der Waals surface area contributed by atoms with Gasteiger partial charge in [-0.2, -0.15) is 0 Å². The van der Waals surface area contributed by atoms with E-state index in [0.29, 0.717) is 17.7 Å². The third-order valence-electron chi connectivity index (χ3n) is 3.47.